The molecule has 12 atom stereocenters. The zero-order valence-corrected chi connectivity index (χ0v) is 37.3. The average Bonchev–Trinajstić information content (AvgIpc) is 3.91. The standard InChI is InChI=1S/C48H55FN6O11/c1-25(28-6-10-31(11-7-28)54-43(64)27(3)53-42(63)26(2)52-39(60)17-19-55-40(61)14-15-41(55)62)51-38-13-8-29(23-50-38)44-65-37-21-34-33-12-9-30-20-32(57)16-18-45(30,4)47(33,49)35(58)22-46(34,5)48(37,66-44)36(59)24-56/h6-8,10-11,13-16,18,20,23,25-27,33-35,37,44,56,58H,9,12,17,19,21-22,24H2,1-5H3,(H,50,51)(H,52,60)(H,53,63)(H,54,64)/t25-,26-,27-,33-,34-,35-,37+,44+,45-,46-,47-,48+/m0/s1. The van der Waals surface area contributed by atoms with Gasteiger partial charge in [0.15, 0.2) is 29.1 Å². The molecule has 3 saturated carbocycles. The number of aromatic nitrogens is 1. The van der Waals surface area contributed by atoms with Crippen LogP contribution in [0.5, 0.6) is 0 Å². The second-order valence-corrected chi connectivity index (χ2v) is 18.8. The lowest BCUT2D eigenvalue weighted by atomic mass is 9.44. The van der Waals surface area contributed by atoms with Crippen molar-refractivity contribution in [3.05, 3.63) is 89.7 Å². The number of anilines is 2. The minimum Gasteiger partial charge on any atom is -0.390 e. The Bertz CT molecular complexity index is 2430. The molecule has 350 valence electrons. The first kappa shape index (κ1) is 46.6. The summed E-state index contributed by atoms with van der Waals surface area (Å²) < 4.78 is 30.8. The van der Waals surface area contributed by atoms with E-state index in [-0.39, 0.29) is 37.6 Å². The highest BCUT2D eigenvalue weighted by Crippen LogP contribution is 2.72. The summed E-state index contributed by atoms with van der Waals surface area (Å²) in [6.45, 7) is 7.49. The summed E-state index contributed by atoms with van der Waals surface area (Å²) in [6, 6.07) is 8.37. The van der Waals surface area contributed by atoms with E-state index in [9.17, 15) is 43.8 Å². The minimum absolute atomic E-state index is 0.115. The summed E-state index contributed by atoms with van der Waals surface area (Å²) in [7, 11) is 0. The van der Waals surface area contributed by atoms with Crippen LogP contribution < -0.4 is 21.3 Å². The molecular weight excluding hydrogens is 856 g/mol. The van der Waals surface area contributed by atoms with Gasteiger partial charge in [-0.25, -0.2) is 9.37 Å². The summed E-state index contributed by atoms with van der Waals surface area (Å²) in [5.41, 5.74) is -3.53. The summed E-state index contributed by atoms with van der Waals surface area (Å²) in [4.78, 5) is 93.0. The molecule has 18 heteroatoms. The third-order valence-corrected chi connectivity index (χ3v) is 15.0. The Balaban J connectivity index is 0.850. The Morgan fingerprint density at radius 2 is 1.64 bits per heavy atom. The molecule has 4 aliphatic carbocycles. The van der Waals surface area contributed by atoms with E-state index < -0.39 is 106 Å². The molecule has 1 saturated heterocycles. The molecule has 8 rings (SSSR count). The number of carbonyl (C=O) groups is 7. The number of ketones is 2. The summed E-state index contributed by atoms with van der Waals surface area (Å²) in [5.74, 6) is -4.03. The predicted octanol–water partition coefficient (Wildman–Crippen LogP) is 3.21. The number of halogens is 1. The molecule has 3 heterocycles. The van der Waals surface area contributed by atoms with Crippen LogP contribution in [0.3, 0.4) is 0 Å². The number of benzene rings is 1. The van der Waals surface area contributed by atoms with Crippen molar-refractivity contribution in [3.63, 3.8) is 0 Å². The quantitative estimate of drug-likeness (QED) is 0.150. The number of aliphatic hydroxyl groups is 2. The van der Waals surface area contributed by atoms with Crippen molar-refractivity contribution >= 4 is 52.6 Å². The zero-order chi connectivity index (χ0) is 47.5. The first-order chi connectivity index (χ1) is 31.2. The molecule has 2 aromatic rings. The van der Waals surface area contributed by atoms with Gasteiger partial charge in [-0.15, -0.1) is 0 Å². The molecule has 0 bridgehead atoms. The summed E-state index contributed by atoms with van der Waals surface area (Å²) >= 11 is 0. The second kappa shape index (κ2) is 17.4. The Labute approximate surface area is 380 Å². The van der Waals surface area contributed by atoms with Gasteiger partial charge in [0.2, 0.25) is 17.7 Å². The number of nitrogens with zero attached hydrogens (tertiary/aromatic N) is 2. The van der Waals surface area contributed by atoms with Crippen molar-refractivity contribution < 1.29 is 57.6 Å². The van der Waals surface area contributed by atoms with Crippen molar-refractivity contribution in [2.45, 2.75) is 115 Å². The third kappa shape index (κ3) is 7.66. The van der Waals surface area contributed by atoms with E-state index in [1.165, 1.54) is 26.0 Å². The van der Waals surface area contributed by atoms with Gasteiger partial charge >= 0.3 is 0 Å². The topological polar surface area (TPSA) is 243 Å². The first-order valence-corrected chi connectivity index (χ1v) is 22.3. The fraction of sp³-hybridized carbons (Fsp3) is 0.500. The smallest absolute Gasteiger partial charge is 0.253 e. The third-order valence-electron chi connectivity index (χ3n) is 15.0. The molecule has 66 heavy (non-hydrogen) atoms. The number of alkyl halides is 1. The number of amides is 5. The van der Waals surface area contributed by atoms with Crippen LogP contribution in [-0.2, 0) is 43.0 Å². The number of imide groups is 1. The van der Waals surface area contributed by atoms with Gasteiger partial charge in [-0.2, -0.15) is 0 Å². The van der Waals surface area contributed by atoms with E-state index in [1.54, 1.807) is 43.5 Å². The highest BCUT2D eigenvalue weighted by Gasteiger charge is 2.79. The SMILES string of the molecule is C[C@H](NC(=O)CCN1C(=O)C=CC1=O)C(=O)N[C@@H](C)C(=O)Nc1ccc([C@H](C)Nc2ccc([C@@H]3O[C@@H]4C[C@H]5[C@@H]6CCC7=CC(=O)C=C[C@]7(C)[C@@]6(F)[C@@H](O)C[C@]5(C)[C@]4(C(=O)CO)O3)cn2)cc1. The number of pyridine rings is 1. The van der Waals surface area contributed by atoms with Gasteiger partial charge < -0.3 is 41.0 Å². The van der Waals surface area contributed by atoms with Gasteiger partial charge in [0.25, 0.3) is 11.8 Å². The predicted molar refractivity (Wildman–Crippen MR) is 234 cm³/mol. The van der Waals surface area contributed by atoms with Crippen LogP contribution >= 0.6 is 0 Å². The number of hydrogen-bond donors (Lipinski definition) is 6. The lowest BCUT2D eigenvalue weighted by molar-refractivity contribution is -0.231. The number of ether oxygens (including phenoxy) is 2. The molecule has 1 aromatic heterocycles. The van der Waals surface area contributed by atoms with Crippen molar-refractivity contribution in [2.24, 2.45) is 22.7 Å². The van der Waals surface area contributed by atoms with E-state index in [2.05, 4.69) is 26.3 Å². The number of rotatable bonds is 14. The number of fused-ring (bicyclic) bond motifs is 7. The highest BCUT2D eigenvalue weighted by atomic mass is 19.1. The monoisotopic (exact) mass is 910 g/mol. The molecule has 6 aliphatic rings. The van der Waals surface area contributed by atoms with Crippen molar-refractivity contribution in [2.75, 3.05) is 23.8 Å². The Hall–Kier alpha value is -5.95. The normalized spacial score (nSPS) is 33.2. The molecular formula is C48H55FN6O11. The van der Waals surface area contributed by atoms with Gasteiger partial charge in [0.05, 0.1) is 12.2 Å². The van der Waals surface area contributed by atoms with E-state index >= 15 is 4.39 Å². The molecule has 0 spiro atoms. The number of aliphatic hydroxyl groups excluding tert-OH is 2. The van der Waals surface area contributed by atoms with Gasteiger partial charge in [-0.1, -0.05) is 30.7 Å². The molecule has 4 fully saturated rings. The highest BCUT2D eigenvalue weighted by molar-refractivity contribution is 6.13. The lowest BCUT2D eigenvalue weighted by Crippen LogP contribution is -2.69. The molecule has 0 unspecified atom stereocenters. The number of nitrogens with one attached hydrogen (secondary N) is 4. The van der Waals surface area contributed by atoms with Crippen molar-refractivity contribution in [3.8, 4) is 0 Å². The summed E-state index contributed by atoms with van der Waals surface area (Å²) in [5, 5.41) is 33.3. The van der Waals surface area contributed by atoms with Crippen molar-refractivity contribution in [1.82, 2.24) is 20.5 Å². The van der Waals surface area contributed by atoms with Crippen LogP contribution in [-0.4, -0.2) is 110 Å². The Morgan fingerprint density at radius 3 is 2.30 bits per heavy atom. The molecule has 0 radical (unpaired) electrons. The molecule has 5 amide bonds. The fourth-order valence-corrected chi connectivity index (χ4v) is 11.4. The Kier molecular flexibility index (Phi) is 12.3. The van der Waals surface area contributed by atoms with Gasteiger partial charge in [0, 0.05) is 65.4 Å². The van der Waals surface area contributed by atoms with Crippen LogP contribution in [0.15, 0.2) is 78.5 Å². The molecule has 17 nitrogen and oxygen atoms in total. The summed E-state index contributed by atoms with van der Waals surface area (Å²) in [6.07, 6.45) is 5.70. The number of Topliss-reactive ketones (excluding diaryl/α,β-unsaturated/α-hetero) is 1. The van der Waals surface area contributed by atoms with Crippen LogP contribution in [0.25, 0.3) is 0 Å². The maximum atomic E-state index is 17.7. The lowest BCUT2D eigenvalue weighted by Gasteiger charge is -2.62. The molecule has 2 aliphatic heterocycles. The van der Waals surface area contributed by atoms with Gasteiger partial charge in [-0.3, -0.25) is 38.5 Å². The van der Waals surface area contributed by atoms with Crippen LogP contribution in [0.1, 0.15) is 90.2 Å². The number of hydrogen-bond acceptors (Lipinski definition) is 13. The van der Waals surface area contributed by atoms with Crippen molar-refractivity contribution in [1.29, 1.82) is 0 Å². The van der Waals surface area contributed by atoms with Crippen LogP contribution in [0.4, 0.5) is 15.9 Å². The van der Waals surface area contributed by atoms with Crippen LogP contribution in [0.2, 0.25) is 0 Å². The fourth-order valence-electron chi connectivity index (χ4n) is 11.4. The van der Waals surface area contributed by atoms with E-state index in [0.717, 1.165) is 22.6 Å². The van der Waals surface area contributed by atoms with E-state index in [1.807, 2.05) is 26.0 Å². The zero-order valence-electron chi connectivity index (χ0n) is 37.3. The largest absolute Gasteiger partial charge is 0.390 e. The molecule has 6 N–H and O–H groups in total. The number of carbonyl (C=O) groups excluding carboxylic acids is 7. The average molecular weight is 911 g/mol. The number of allylic oxidation sites excluding steroid dienone is 4. The minimum atomic E-state index is -2.10. The van der Waals surface area contributed by atoms with Crippen LogP contribution in [0, 0.1) is 22.7 Å². The maximum Gasteiger partial charge on any atom is 0.253 e. The second-order valence-electron chi connectivity index (χ2n) is 18.8. The van der Waals surface area contributed by atoms with Gasteiger partial charge in [0.1, 0.15) is 24.5 Å². The van der Waals surface area contributed by atoms with E-state index in [0.29, 0.717) is 35.5 Å². The van der Waals surface area contributed by atoms with E-state index in [4.69, 9.17) is 9.47 Å². The first-order valence-electron chi connectivity index (χ1n) is 22.3. The molecule has 1 aromatic carbocycles. The Morgan fingerprint density at radius 1 is 0.939 bits per heavy atom. The van der Waals surface area contributed by atoms with Gasteiger partial charge in [-0.05, 0) is 101 Å². The maximum absolute atomic E-state index is 17.7.